The first kappa shape index (κ1) is 15.9. The second-order valence-electron chi connectivity index (χ2n) is 5.65. The fraction of sp³-hybridized carbons (Fsp3) is 0. The molecule has 25 heavy (non-hydrogen) atoms. The first-order chi connectivity index (χ1) is 12.2. The predicted molar refractivity (Wildman–Crippen MR) is 106 cm³/mol. The SMILES string of the molecule is O=c1[nH]c(-c2cccs2)cc(-c2ccc(Cl)cc2)c1-c1ccccc1. The number of H-pyrrole nitrogens is 1. The molecule has 2 heterocycles. The zero-order valence-corrected chi connectivity index (χ0v) is 14.8. The molecule has 0 saturated carbocycles. The number of thiophene rings is 1. The average Bonchev–Trinajstić information content (AvgIpc) is 3.17. The molecule has 4 aromatic rings. The number of nitrogens with one attached hydrogen (secondary N) is 1. The van der Waals surface area contributed by atoms with E-state index < -0.39 is 0 Å². The minimum absolute atomic E-state index is 0.0953. The summed E-state index contributed by atoms with van der Waals surface area (Å²) in [6.07, 6.45) is 0. The van der Waals surface area contributed by atoms with Crippen LogP contribution in [-0.4, -0.2) is 4.98 Å². The van der Waals surface area contributed by atoms with Gasteiger partial charge in [-0.05, 0) is 46.3 Å². The Morgan fingerprint density at radius 2 is 1.60 bits per heavy atom. The largest absolute Gasteiger partial charge is 0.321 e. The quantitative estimate of drug-likeness (QED) is 0.469. The van der Waals surface area contributed by atoms with Crippen molar-refractivity contribution in [1.29, 1.82) is 0 Å². The van der Waals surface area contributed by atoms with Crippen molar-refractivity contribution in [2.45, 2.75) is 0 Å². The molecule has 0 radical (unpaired) electrons. The van der Waals surface area contributed by atoms with Gasteiger partial charge in [0.05, 0.1) is 16.1 Å². The lowest BCUT2D eigenvalue weighted by molar-refractivity contribution is 1.25. The van der Waals surface area contributed by atoms with Crippen molar-refractivity contribution in [3.8, 4) is 32.8 Å². The topological polar surface area (TPSA) is 32.9 Å². The summed E-state index contributed by atoms with van der Waals surface area (Å²) < 4.78 is 0. The van der Waals surface area contributed by atoms with Gasteiger partial charge in [-0.25, -0.2) is 0 Å². The van der Waals surface area contributed by atoms with Gasteiger partial charge in [-0.15, -0.1) is 11.3 Å². The molecule has 2 nitrogen and oxygen atoms in total. The molecule has 122 valence electrons. The molecule has 0 unspecified atom stereocenters. The van der Waals surface area contributed by atoms with Crippen molar-refractivity contribution in [2.24, 2.45) is 0 Å². The van der Waals surface area contributed by atoms with Crippen LogP contribution in [-0.2, 0) is 0 Å². The standard InChI is InChI=1S/C21H14ClNOS/c22-16-10-8-14(9-11-16)17-13-18(19-7-4-12-25-19)23-21(24)20(17)15-5-2-1-3-6-15/h1-13H,(H,23,24). The molecule has 0 bridgehead atoms. The van der Waals surface area contributed by atoms with E-state index in [0.717, 1.165) is 27.3 Å². The Kier molecular flexibility index (Phi) is 4.26. The van der Waals surface area contributed by atoms with Crippen molar-refractivity contribution < 1.29 is 0 Å². The highest BCUT2D eigenvalue weighted by molar-refractivity contribution is 7.13. The Balaban J connectivity index is 2.00. The van der Waals surface area contributed by atoms with Gasteiger partial charge in [-0.2, -0.15) is 0 Å². The van der Waals surface area contributed by atoms with Crippen LogP contribution in [0.25, 0.3) is 32.8 Å². The molecule has 0 saturated heterocycles. The monoisotopic (exact) mass is 363 g/mol. The normalized spacial score (nSPS) is 10.8. The number of hydrogen-bond donors (Lipinski definition) is 1. The van der Waals surface area contributed by atoms with Crippen LogP contribution < -0.4 is 5.56 Å². The highest BCUT2D eigenvalue weighted by atomic mass is 35.5. The van der Waals surface area contributed by atoms with Crippen molar-refractivity contribution in [1.82, 2.24) is 4.98 Å². The molecule has 0 aliphatic rings. The predicted octanol–water partition coefficient (Wildman–Crippen LogP) is 6.09. The molecule has 2 aromatic carbocycles. The first-order valence-electron chi connectivity index (χ1n) is 7.85. The third-order valence-corrected chi connectivity index (χ3v) is 5.19. The van der Waals surface area contributed by atoms with Gasteiger partial charge in [0.25, 0.3) is 5.56 Å². The van der Waals surface area contributed by atoms with Crippen molar-refractivity contribution in [3.63, 3.8) is 0 Å². The third kappa shape index (κ3) is 3.16. The van der Waals surface area contributed by atoms with E-state index in [2.05, 4.69) is 4.98 Å². The lowest BCUT2D eigenvalue weighted by Gasteiger charge is -2.12. The van der Waals surface area contributed by atoms with Gasteiger partial charge in [-0.1, -0.05) is 60.1 Å². The summed E-state index contributed by atoms with van der Waals surface area (Å²) in [5.41, 5.74) is 4.16. The van der Waals surface area contributed by atoms with E-state index in [9.17, 15) is 4.79 Å². The van der Waals surface area contributed by atoms with Gasteiger partial charge >= 0.3 is 0 Å². The molecule has 1 N–H and O–H groups in total. The molecular weight excluding hydrogens is 350 g/mol. The van der Waals surface area contributed by atoms with E-state index in [-0.39, 0.29) is 5.56 Å². The maximum atomic E-state index is 12.9. The summed E-state index contributed by atoms with van der Waals surface area (Å²) in [5, 5.41) is 2.68. The zero-order chi connectivity index (χ0) is 17.2. The Bertz CT molecular complexity index is 1050. The molecule has 4 rings (SSSR count). The highest BCUT2D eigenvalue weighted by Gasteiger charge is 2.14. The van der Waals surface area contributed by atoms with Crippen LogP contribution in [0.3, 0.4) is 0 Å². The number of benzene rings is 2. The van der Waals surface area contributed by atoms with E-state index in [1.165, 1.54) is 0 Å². The van der Waals surface area contributed by atoms with Gasteiger partial charge in [0, 0.05) is 5.02 Å². The number of aromatic nitrogens is 1. The average molecular weight is 364 g/mol. The third-order valence-electron chi connectivity index (χ3n) is 4.04. The van der Waals surface area contributed by atoms with Crippen molar-refractivity contribution in [3.05, 3.63) is 93.6 Å². The maximum absolute atomic E-state index is 12.9. The zero-order valence-electron chi connectivity index (χ0n) is 13.2. The van der Waals surface area contributed by atoms with Crippen LogP contribution in [0.5, 0.6) is 0 Å². The Labute approximate surface area is 154 Å². The smallest absolute Gasteiger partial charge is 0.256 e. The molecule has 2 aromatic heterocycles. The Hall–Kier alpha value is -2.62. The lowest BCUT2D eigenvalue weighted by atomic mass is 9.95. The van der Waals surface area contributed by atoms with Gasteiger partial charge < -0.3 is 4.98 Å². The molecule has 0 fully saturated rings. The minimum Gasteiger partial charge on any atom is -0.321 e. The van der Waals surface area contributed by atoms with E-state index in [4.69, 9.17) is 11.6 Å². The molecule has 0 aliphatic carbocycles. The molecule has 0 amide bonds. The van der Waals surface area contributed by atoms with Crippen LogP contribution >= 0.6 is 22.9 Å². The molecular formula is C21H14ClNOS. The van der Waals surface area contributed by atoms with Crippen LogP contribution in [0.2, 0.25) is 5.02 Å². The molecule has 0 atom stereocenters. The lowest BCUT2D eigenvalue weighted by Crippen LogP contribution is -2.11. The minimum atomic E-state index is -0.0953. The second-order valence-corrected chi connectivity index (χ2v) is 7.04. The summed E-state index contributed by atoms with van der Waals surface area (Å²) in [5.74, 6) is 0. The van der Waals surface area contributed by atoms with Gasteiger partial charge in [-0.3, -0.25) is 4.79 Å². The van der Waals surface area contributed by atoms with Crippen molar-refractivity contribution >= 4 is 22.9 Å². The maximum Gasteiger partial charge on any atom is 0.256 e. The van der Waals surface area contributed by atoms with E-state index >= 15 is 0 Å². The van der Waals surface area contributed by atoms with Crippen LogP contribution in [0.15, 0.2) is 83.0 Å². The first-order valence-corrected chi connectivity index (χ1v) is 9.11. The summed E-state index contributed by atoms with van der Waals surface area (Å²) in [7, 11) is 0. The number of hydrogen-bond acceptors (Lipinski definition) is 2. The fourth-order valence-electron chi connectivity index (χ4n) is 2.87. The van der Waals surface area contributed by atoms with E-state index in [0.29, 0.717) is 10.6 Å². The Morgan fingerprint density at radius 3 is 2.28 bits per heavy atom. The fourth-order valence-corrected chi connectivity index (χ4v) is 3.70. The van der Waals surface area contributed by atoms with Crippen molar-refractivity contribution in [2.75, 3.05) is 0 Å². The van der Waals surface area contributed by atoms with E-state index in [1.807, 2.05) is 78.2 Å². The number of pyridine rings is 1. The van der Waals surface area contributed by atoms with Crippen LogP contribution in [0.1, 0.15) is 0 Å². The van der Waals surface area contributed by atoms with Gasteiger partial charge in [0.2, 0.25) is 0 Å². The summed E-state index contributed by atoms with van der Waals surface area (Å²) in [6.45, 7) is 0. The summed E-state index contributed by atoms with van der Waals surface area (Å²) in [6, 6.07) is 23.3. The Morgan fingerprint density at radius 1 is 0.840 bits per heavy atom. The van der Waals surface area contributed by atoms with Crippen LogP contribution in [0, 0.1) is 0 Å². The van der Waals surface area contributed by atoms with Gasteiger partial charge in [0.15, 0.2) is 0 Å². The highest BCUT2D eigenvalue weighted by Crippen LogP contribution is 2.33. The molecule has 4 heteroatoms. The second kappa shape index (κ2) is 6.71. The number of rotatable bonds is 3. The van der Waals surface area contributed by atoms with E-state index in [1.54, 1.807) is 11.3 Å². The molecule has 0 aliphatic heterocycles. The molecule has 0 spiro atoms. The summed E-state index contributed by atoms with van der Waals surface area (Å²) >= 11 is 7.63. The van der Waals surface area contributed by atoms with Crippen LogP contribution in [0.4, 0.5) is 0 Å². The number of halogens is 1. The summed E-state index contributed by atoms with van der Waals surface area (Å²) in [4.78, 5) is 17.0. The number of aromatic amines is 1. The van der Waals surface area contributed by atoms with Gasteiger partial charge in [0.1, 0.15) is 0 Å².